The van der Waals surface area contributed by atoms with Gasteiger partial charge in [-0.05, 0) is 39.0 Å². The second kappa shape index (κ2) is 5.99. The van der Waals surface area contributed by atoms with Gasteiger partial charge in [-0.25, -0.2) is 4.79 Å². The lowest BCUT2D eigenvalue weighted by molar-refractivity contribution is 0.196. The molecule has 3 nitrogen and oxygen atoms in total. The molecule has 1 N–H and O–H groups in total. The highest BCUT2D eigenvalue weighted by atomic mass is 16.2. The SMILES string of the molecule is CCC1CCCN(C(=O)NC(C)C)CC1. The van der Waals surface area contributed by atoms with Crippen molar-refractivity contribution in [3.63, 3.8) is 0 Å². The van der Waals surface area contributed by atoms with Crippen molar-refractivity contribution in [1.82, 2.24) is 10.2 Å². The summed E-state index contributed by atoms with van der Waals surface area (Å²) in [6.45, 7) is 8.11. The van der Waals surface area contributed by atoms with E-state index in [1.807, 2.05) is 18.7 Å². The third-order valence-corrected chi connectivity index (χ3v) is 3.12. The van der Waals surface area contributed by atoms with E-state index in [9.17, 15) is 4.79 Å². The first-order chi connectivity index (χ1) is 7.13. The molecule has 1 rings (SSSR count). The molecule has 1 fully saturated rings. The maximum Gasteiger partial charge on any atom is 0.317 e. The summed E-state index contributed by atoms with van der Waals surface area (Å²) >= 11 is 0. The normalized spacial score (nSPS) is 22.7. The highest BCUT2D eigenvalue weighted by Gasteiger charge is 2.19. The van der Waals surface area contributed by atoms with Gasteiger partial charge in [0.1, 0.15) is 0 Å². The van der Waals surface area contributed by atoms with Gasteiger partial charge in [-0.15, -0.1) is 0 Å². The number of carbonyl (C=O) groups excluding carboxylic acids is 1. The van der Waals surface area contributed by atoms with Crippen molar-refractivity contribution in [2.75, 3.05) is 13.1 Å². The third kappa shape index (κ3) is 4.10. The van der Waals surface area contributed by atoms with Crippen LogP contribution in [-0.2, 0) is 0 Å². The predicted molar refractivity (Wildman–Crippen MR) is 62.9 cm³/mol. The van der Waals surface area contributed by atoms with E-state index in [0.717, 1.165) is 25.4 Å². The molecular formula is C12H24N2O. The Morgan fingerprint density at radius 3 is 2.73 bits per heavy atom. The van der Waals surface area contributed by atoms with E-state index in [-0.39, 0.29) is 12.1 Å². The summed E-state index contributed by atoms with van der Waals surface area (Å²) in [5.74, 6) is 0.821. The minimum Gasteiger partial charge on any atom is -0.336 e. The van der Waals surface area contributed by atoms with Gasteiger partial charge in [-0.1, -0.05) is 13.3 Å². The number of amides is 2. The molecule has 3 heteroatoms. The van der Waals surface area contributed by atoms with Gasteiger partial charge in [0.15, 0.2) is 0 Å². The Morgan fingerprint density at radius 1 is 1.40 bits per heavy atom. The van der Waals surface area contributed by atoms with Crippen LogP contribution in [0.3, 0.4) is 0 Å². The highest BCUT2D eigenvalue weighted by molar-refractivity contribution is 5.74. The Hall–Kier alpha value is -0.730. The van der Waals surface area contributed by atoms with Crippen LogP contribution >= 0.6 is 0 Å². The average molecular weight is 212 g/mol. The van der Waals surface area contributed by atoms with E-state index in [0.29, 0.717) is 0 Å². The maximum absolute atomic E-state index is 11.8. The standard InChI is InChI=1S/C12H24N2O/c1-4-11-6-5-8-14(9-7-11)12(15)13-10(2)3/h10-11H,4-9H2,1-3H3,(H,13,15). The number of carbonyl (C=O) groups is 1. The minimum atomic E-state index is 0.113. The van der Waals surface area contributed by atoms with Crippen molar-refractivity contribution in [3.05, 3.63) is 0 Å². The lowest BCUT2D eigenvalue weighted by atomic mass is 9.98. The van der Waals surface area contributed by atoms with Crippen molar-refractivity contribution >= 4 is 6.03 Å². The Labute approximate surface area is 93.2 Å². The molecule has 15 heavy (non-hydrogen) atoms. The number of hydrogen-bond donors (Lipinski definition) is 1. The largest absolute Gasteiger partial charge is 0.336 e. The van der Waals surface area contributed by atoms with Crippen LogP contribution in [0.1, 0.15) is 46.5 Å². The van der Waals surface area contributed by atoms with Crippen molar-refractivity contribution in [2.45, 2.75) is 52.5 Å². The smallest absolute Gasteiger partial charge is 0.317 e. The summed E-state index contributed by atoms with van der Waals surface area (Å²) in [6, 6.07) is 0.351. The monoisotopic (exact) mass is 212 g/mol. The van der Waals surface area contributed by atoms with Crippen molar-refractivity contribution in [2.24, 2.45) is 5.92 Å². The number of likely N-dealkylation sites (tertiary alicyclic amines) is 1. The third-order valence-electron chi connectivity index (χ3n) is 3.12. The van der Waals surface area contributed by atoms with Crippen LogP contribution in [0.2, 0.25) is 0 Å². The molecule has 0 spiro atoms. The summed E-state index contributed by atoms with van der Waals surface area (Å²) in [6.07, 6.45) is 4.85. The molecular weight excluding hydrogens is 188 g/mol. The molecule has 1 aliphatic heterocycles. The number of nitrogens with zero attached hydrogens (tertiary/aromatic N) is 1. The molecule has 2 amide bonds. The van der Waals surface area contributed by atoms with Crippen LogP contribution in [0.15, 0.2) is 0 Å². The van der Waals surface area contributed by atoms with Gasteiger partial charge in [-0.3, -0.25) is 0 Å². The molecule has 1 unspecified atom stereocenters. The topological polar surface area (TPSA) is 32.3 Å². The van der Waals surface area contributed by atoms with Gasteiger partial charge in [0.25, 0.3) is 0 Å². The first-order valence-corrected chi connectivity index (χ1v) is 6.19. The molecule has 0 saturated carbocycles. The number of hydrogen-bond acceptors (Lipinski definition) is 1. The molecule has 88 valence electrons. The molecule has 0 aromatic carbocycles. The lowest BCUT2D eigenvalue weighted by Crippen LogP contribution is -2.43. The lowest BCUT2D eigenvalue weighted by Gasteiger charge is -2.22. The number of nitrogens with one attached hydrogen (secondary N) is 1. The fourth-order valence-corrected chi connectivity index (χ4v) is 2.11. The molecule has 1 aliphatic rings. The van der Waals surface area contributed by atoms with Crippen molar-refractivity contribution in [3.8, 4) is 0 Å². The second-order valence-corrected chi connectivity index (χ2v) is 4.80. The van der Waals surface area contributed by atoms with E-state index < -0.39 is 0 Å². The molecule has 0 bridgehead atoms. The van der Waals surface area contributed by atoms with Crippen LogP contribution in [0.5, 0.6) is 0 Å². The summed E-state index contributed by atoms with van der Waals surface area (Å²) < 4.78 is 0. The van der Waals surface area contributed by atoms with E-state index in [4.69, 9.17) is 0 Å². The molecule has 1 heterocycles. The van der Waals surface area contributed by atoms with Crippen LogP contribution in [0, 0.1) is 5.92 Å². The van der Waals surface area contributed by atoms with Gasteiger partial charge >= 0.3 is 6.03 Å². The Morgan fingerprint density at radius 2 is 2.13 bits per heavy atom. The van der Waals surface area contributed by atoms with Crippen molar-refractivity contribution < 1.29 is 4.79 Å². The molecule has 0 radical (unpaired) electrons. The van der Waals surface area contributed by atoms with E-state index >= 15 is 0 Å². The molecule has 0 aromatic heterocycles. The first-order valence-electron chi connectivity index (χ1n) is 6.19. The van der Waals surface area contributed by atoms with Gasteiger partial charge < -0.3 is 10.2 Å². The van der Waals surface area contributed by atoms with E-state index in [1.165, 1.54) is 19.3 Å². The zero-order chi connectivity index (χ0) is 11.3. The number of rotatable bonds is 2. The molecule has 1 atom stereocenters. The van der Waals surface area contributed by atoms with E-state index in [2.05, 4.69) is 12.2 Å². The van der Waals surface area contributed by atoms with Crippen LogP contribution < -0.4 is 5.32 Å². The highest BCUT2D eigenvalue weighted by Crippen LogP contribution is 2.20. The average Bonchev–Trinajstić information content (AvgIpc) is 2.41. The fraction of sp³-hybridized carbons (Fsp3) is 0.917. The molecule has 1 saturated heterocycles. The van der Waals surface area contributed by atoms with Crippen LogP contribution in [0.4, 0.5) is 4.79 Å². The minimum absolute atomic E-state index is 0.113. The summed E-state index contributed by atoms with van der Waals surface area (Å²) in [5, 5.41) is 2.96. The van der Waals surface area contributed by atoms with Gasteiger partial charge in [0.2, 0.25) is 0 Å². The predicted octanol–water partition coefficient (Wildman–Crippen LogP) is 2.62. The fourth-order valence-electron chi connectivity index (χ4n) is 2.11. The summed E-state index contributed by atoms with van der Waals surface area (Å²) in [4.78, 5) is 13.7. The second-order valence-electron chi connectivity index (χ2n) is 4.80. The van der Waals surface area contributed by atoms with Crippen molar-refractivity contribution in [1.29, 1.82) is 0 Å². The summed E-state index contributed by atoms with van der Waals surface area (Å²) in [5.41, 5.74) is 0. The Bertz CT molecular complexity index is 204. The Kier molecular flexibility index (Phi) is 4.92. The van der Waals surface area contributed by atoms with Gasteiger partial charge in [-0.2, -0.15) is 0 Å². The molecule has 0 aliphatic carbocycles. The van der Waals surface area contributed by atoms with Gasteiger partial charge in [0.05, 0.1) is 0 Å². The van der Waals surface area contributed by atoms with E-state index in [1.54, 1.807) is 0 Å². The first kappa shape index (κ1) is 12.3. The van der Waals surface area contributed by atoms with Gasteiger partial charge in [0, 0.05) is 19.1 Å². The molecule has 0 aromatic rings. The maximum atomic E-state index is 11.8. The number of urea groups is 1. The zero-order valence-corrected chi connectivity index (χ0v) is 10.3. The quantitative estimate of drug-likeness (QED) is 0.749. The summed E-state index contributed by atoms with van der Waals surface area (Å²) in [7, 11) is 0. The zero-order valence-electron chi connectivity index (χ0n) is 10.3. The van der Waals surface area contributed by atoms with Crippen LogP contribution in [-0.4, -0.2) is 30.1 Å². The van der Waals surface area contributed by atoms with Crippen LogP contribution in [0.25, 0.3) is 0 Å². The Balaban J connectivity index is 2.39.